The van der Waals surface area contributed by atoms with Crippen molar-refractivity contribution >= 4 is 45.1 Å². The minimum atomic E-state index is -5.08. The van der Waals surface area contributed by atoms with Crippen molar-refractivity contribution in [3.05, 3.63) is 62.9 Å². The van der Waals surface area contributed by atoms with Gasteiger partial charge in [0.05, 0.1) is 18.4 Å². The molecule has 0 bridgehead atoms. The van der Waals surface area contributed by atoms with Gasteiger partial charge < -0.3 is 9.84 Å². The number of piperidine rings is 1. The quantitative estimate of drug-likeness (QED) is 0.382. The number of carboxylic acid groups (broad SMARTS) is 1. The molecule has 0 radical (unpaired) electrons. The molecule has 1 unspecified atom stereocenters. The van der Waals surface area contributed by atoms with E-state index in [1.165, 1.54) is 6.07 Å². The number of rotatable bonds is 7. The molecule has 2 N–H and O–H groups in total. The van der Waals surface area contributed by atoms with Crippen LogP contribution in [0.15, 0.2) is 30.3 Å². The van der Waals surface area contributed by atoms with Crippen molar-refractivity contribution in [3.63, 3.8) is 0 Å². The molecule has 8 nitrogen and oxygen atoms in total. The Hall–Kier alpha value is -2.61. The zero-order chi connectivity index (χ0) is 30.4. The summed E-state index contributed by atoms with van der Waals surface area (Å²) in [5, 5.41) is 8.37. The number of benzene rings is 2. The van der Waals surface area contributed by atoms with Crippen LogP contribution in [0.5, 0.6) is 5.75 Å². The number of ether oxygens (including phenoxy) is 1. The number of sulfonamides is 1. The molecule has 0 aliphatic carbocycles. The summed E-state index contributed by atoms with van der Waals surface area (Å²) < 4.78 is 76.3. The Balaban J connectivity index is 0.000000708. The van der Waals surface area contributed by atoms with Crippen LogP contribution in [-0.2, 0) is 14.8 Å². The maximum Gasteiger partial charge on any atom is 0.490 e. The van der Waals surface area contributed by atoms with Gasteiger partial charge in [0, 0.05) is 22.2 Å². The fourth-order valence-electron chi connectivity index (χ4n) is 3.96. The van der Waals surface area contributed by atoms with Gasteiger partial charge in [0.25, 0.3) is 5.91 Å². The van der Waals surface area contributed by atoms with Gasteiger partial charge in [-0.15, -0.1) is 0 Å². The van der Waals surface area contributed by atoms with E-state index in [-0.39, 0.29) is 11.6 Å². The van der Waals surface area contributed by atoms with E-state index in [2.05, 4.69) is 11.8 Å². The molecule has 1 heterocycles. The molecule has 0 saturated carbocycles. The summed E-state index contributed by atoms with van der Waals surface area (Å²) in [5.41, 5.74) is 1.29. The second-order valence-corrected chi connectivity index (χ2v) is 11.9. The highest BCUT2D eigenvalue weighted by Gasteiger charge is 2.38. The largest absolute Gasteiger partial charge is 0.493 e. The first kappa shape index (κ1) is 33.6. The molecule has 1 saturated heterocycles. The molecule has 40 heavy (non-hydrogen) atoms. The topological polar surface area (TPSA) is 113 Å². The lowest BCUT2D eigenvalue weighted by molar-refractivity contribution is -0.192. The van der Waals surface area contributed by atoms with E-state index < -0.39 is 33.9 Å². The Morgan fingerprint density at radius 2 is 1.65 bits per heavy atom. The first-order valence-electron chi connectivity index (χ1n) is 11.8. The van der Waals surface area contributed by atoms with Crippen molar-refractivity contribution < 1.29 is 45.4 Å². The number of aliphatic carboxylic acids is 1. The third kappa shape index (κ3) is 10.4. The van der Waals surface area contributed by atoms with Crippen LogP contribution in [0.2, 0.25) is 10.0 Å². The van der Waals surface area contributed by atoms with Gasteiger partial charge in [-0.3, -0.25) is 9.69 Å². The van der Waals surface area contributed by atoms with Crippen molar-refractivity contribution in [1.29, 1.82) is 0 Å². The second-order valence-electron chi connectivity index (χ2n) is 9.27. The van der Waals surface area contributed by atoms with Crippen molar-refractivity contribution in [3.8, 4) is 5.75 Å². The highest BCUT2D eigenvalue weighted by molar-refractivity contribution is 7.89. The molecule has 0 spiro atoms. The predicted octanol–water partition coefficient (Wildman–Crippen LogP) is 5.62. The number of hydrogen-bond donors (Lipinski definition) is 2. The second kappa shape index (κ2) is 13.8. The van der Waals surface area contributed by atoms with Gasteiger partial charge in [0.1, 0.15) is 11.6 Å². The summed E-state index contributed by atoms with van der Waals surface area (Å²) in [6.07, 6.45) is -2.40. The van der Waals surface area contributed by atoms with Crippen molar-refractivity contribution in [2.24, 2.45) is 5.92 Å². The molecule has 2 aromatic carbocycles. The molecule has 1 atom stereocenters. The SMILES string of the molecule is Cc1cc(C(=O)NS(C)(=O)=O)c(F)cc1OCC1CCN(C(C)c2cc(Cl)cc(Cl)c2)CC1.O=C(O)C(F)(F)F. The summed E-state index contributed by atoms with van der Waals surface area (Å²) in [5.74, 6) is -3.94. The van der Waals surface area contributed by atoms with Gasteiger partial charge in [-0.05, 0) is 81.1 Å². The maximum absolute atomic E-state index is 14.4. The summed E-state index contributed by atoms with van der Waals surface area (Å²) in [7, 11) is -3.78. The predicted molar refractivity (Wildman–Crippen MR) is 142 cm³/mol. The number of alkyl halides is 3. The summed E-state index contributed by atoms with van der Waals surface area (Å²) in [6, 6.07) is 8.20. The minimum absolute atomic E-state index is 0.185. The first-order valence-corrected chi connectivity index (χ1v) is 14.5. The Kier molecular flexibility index (Phi) is 11.6. The molecular weight excluding hydrogens is 603 g/mol. The Morgan fingerprint density at radius 1 is 1.12 bits per heavy atom. The Morgan fingerprint density at radius 3 is 2.12 bits per heavy atom. The molecule has 1 aliphatic rings. The number of amides is 1. The highest BCUT2D eigenvalue weighted by Crippen LogP contribution is 2.31. The molecular formula is C25H28Cl2F4N2O6S. The van der Waals surface area contributed by atoms with Crippen molar-refractivity contribution in [2.75, 3.05) is 26.0 Å². The number of nitrogens with zero attached hydrogens (tertiary/aromatic N) is 1. The van der Waals surface area contributed by atoms with E-state index >= 15 is 0 Å². The van der Waals surface area contributed by atoms with Crippen LogP contribution in [0, 0.1) is 18.7 Å². The smallest absolute Gasteiger partial charge is 0.490 e. The zero-order valence-electron chi connectivity index (χ0n) is 21.7. The maximum atomic E-state index is 14.4. The fourth-order valence-corrected chi connectivity index (χ4v) is 4.95. The molecule has 222 valence electrons. The van der Waals surface area contributed by atoms with Gasteiger partial charge in [0.2, 0.25) is 10.0 Å². The van der Waals surface area contributed by atoms with Crippen LogP contribution in [0.4, 0.5) is 17.6 Å². The summed E-state index contributed by atoms with van der Waals surface area (Å²) in [4.78, 5) is 23.3. The number of carbonyl (C=O) groups excluding carboxylic acids is 1. The van der Waals surface area contributed by atoms with E-state index in [0.717, 1.165) is 43.8 Å². The lowest BCUT2D eigenvalue weighted by Crippen LogP contribution is -2.37. The van der Waals surface area contributed by atoms with Crippen LogP contribution in [0.1, 0.15) is 47.3 Å². The van der Waals surface area contributed by atoms with Crippen LogP contribution in [0.25, 0.3) is 0 Å². The molecule has 2 aromatic rings. The number of aryl methyl sites for hydroxylation is 1. The molecule has 1 fully saturated rings. The molecule has 15 heteroatoms. The monoisotopic (exact) mass is 630 g/mol. The first-order chi connectivity index (χ1) is 18.4. The lowest BCUT2D eigenvalue weighted by Gasteiger charge is -2.36. The number of nitrogens with one attached hydrogen (secondary N) is 1. The number of hydrogen-bond acceptors (Lipinski definition) is 6. The standard InChI is InChI=1S/C23H27Cl2FN2O4S.C2HF3O2/c1-14-8-20(23(29)27-33(3,30)31)21(26)12-22(14)32-13-16-4-6-28(7-5-16)15(2)17-9-18(24)11-19(25)10-17;3-2(4,5)1(6)7/h8-12,15-16H,4-7,13H2,1-3H3,(H,27,29);(H,6,7). The van der Waals surface area contributed by atoms with Gasteiger partial charge >= 0.3 is 12.1 Å². The minimum Gasteiger partial charge on any atom is -0.493 e. The van der Waals surface area contributed by atoms with E-state index in [0.29, 0.717) is 33.9 Å². The zero-order valence-corrected chi connectivity index (χ0v) is 24.0. The molecule has 1 aliphatic heterocycles. The molecule has 3 rings (SSSR count). The van der Waals surface area contributed by atoms with Gasteiger partial charge in [-0.25, -0.2) is 22.3 Å². The van der Waals surface area contributed by atoms with E-state index in [4.69, 9.17) is 37.8 Å². The van der Waals surface area contributed by atoms with Gasteiger partial charge in [0.15, 0.2) is 0 Å². The third-order valence-corrected chi connectivity index (χ3v) is 7.06. The lowest BCUT2D eigenvalue weighted by atomic mass is 9.95. The van der Waals surface area contributed by atoms with E-state index in [9.17, 15) is 30.8 Å². The summed E-state index contributed by atoms with van der Waals surface area (Å²) >= 11 is 12.3. The Bertz CT molecular complexity index is 1310. The molecule has 1 amide bonds. The van der Waals surface area contributed by atoms with E-state index in [1.54, 1.807) is 17.7 Å². The molecule has 0 aromatic heterocycles. The summed E-state index contributed by atoms with van der Waals surface area (Å²) in [6.45, 7) is 6.02. The average Bonchev–Trinajstić information content (AvgIpc) is 2.82. The van der Waals surface area contributed by atoms with Crippen molar-refractivity contribution in [1.82, 2.24) is 9.62 Å². The fraction of sp³-hybridized carbons (Fsp3) is 0.440. The van der Waals surface area contributed by atoms with Gasteiger partial charge in [-0.2, -0.15) is 13.2 Å². The number of halogens is 6. The van der Waals surface area contributed by atoms with Crippen LogP contribution >= 0.6 is 23.2 Å². The van der Waals surface area contributed by atoms with Crippen molar-refractivity contribution in [2.45, 2.75) is 38.9 Å². The number of carbonyl (C=O) groups is 2. The average molecular weight is 631 g/mol. The highest BCUT2D eigenvalue weighted by atomic mass is 35.5. The van der Waals surface area contributed by atoms with E-state index in [1.807, 2.05) is 12.1 Å². The van der Waals surface area contributed by atoms with Crippen LogP contribution in [0.3, 0.4) is 0 Å². The van der Waals surface area contributed by atoms with Gasteiger partial charge in [-0.1, -0.05) is 23.2 Å². The number of carboxylic acids is 1. The number of likely N-dealkylation sites (tertiary alicyclic amines) is 1. The normalized spacial score (nSPS) is 15.5. The third-order valence-electron chi connectivity index (χ3n) is 6.07. The van der Waals surface area contributed by atoms with Crippen LogP contribution < -0.4 is 9.46 Å². The van der Waals surface area contributed by atoms with Crippen LogP contribution in [-0.4, -0.2) is 62.4 Å². The Labute approximate surface area is 239 Å².